The number of ether oxygens (including phenoxy) is 2. The monoisotopic (exact) mass is 348 g/mol. The molecule has 0 bridgehead atoms. The molecule has 2 amide bonds. The van der Waals surface area contributed by atoms with Crippen LogP contribution in [0.2, 0.25) is 0 Å². The van der Waals surface area contributed by atoms with Gasteiger partial charge < -0.3 is 24.4 Å². The third-order valence-electron chi connectivity index (χ3n) is 4.30. The molecule has 3 rings (SSSR count). The molecule has 1 N–H and O–H groups in total. The fourth-order valence-corrected chi connectivity index (χ4v) is 3.00. The lowest BCUT2D eigenvalue weighted by atomic mass is 10.2. The Labute approximate surface area is 144 Å². The Balaban J connectivity index is 1.62. The number of nitrogens with zero attached hydrogens (tertiary/aromatic N) is 2. The molecule has 1 aromatic carbocycles. The number of carbonyl (C=O) groups is 3. The van der Waals surface area contributed by atoms with E-state index in [-0.39, 0.29) is 25.7 Å². The van der Waals surface area contributed by atoms with Crippen LogP contribution in [-0.2, 0) is 19.1 Å². The number of hydrogen-bond donors (Lipinski definition) is 1. The van der Waals surface area contributed by atoms with E-state index < -0.39 is 17.9 Å². The van der Waals surface area contributed by atoms with E-state index in [4.69, 9.17) is 9.47 Å². The van der Waals surface area contributed by atoms with E-state index in [1.807, 2.05) is 6.07 Å². The van der Waals surface area contributed by atoms with Crippen LogP contribution in [0.4, 0.5) is 5.69 Å². The van der Waals surface area contributed by atoms with Gasteiger partial charge in [-0.25, -0.2) is 4.79 Å². The first-order valence-electron chi connectivity index (χ1n) is 8.19. The van der Waals surface area contributed by atoms with E-state index in [0.717, 1.165) is 12.1 Å². The Bertz CT molecular complexity index is 677. The molecule has 0 unspecified atom stereocenters. The first-order chi connectivity index (χ1) is 12.1. The highest BCUT2D eigenvalue weighted by molar-refractivity contribution is 5.95. The number of amides is 2. The van der Waals surface area contributed by atoms with Crippen molar-refractivity contribution in [2.24, 2.45) is 0 Å². The third-order valence-corrected chi connectivity index (χ3v) is 4.30. The smallest absolute Gasteiger partial charge is 0.328 e. The molecule has 1 atom stereocenters. The van der Waals surface area contributed by atoms with Crippen LogP contribution < -0.4 is 9.64 Å². The van der Waals surface area contributed by atoms with Crippen molar-refractivity contribution in [3.8, 4) is 5.75 Å². The maximum Gasteiger partial charge on any atom is 0.328 e. The molecule has 0 spiro atoms. The Morgan fingerprint density at radius 1 is 1.32 bits per heavy atom. The zero-order chi connectivity index (χ0) is 17.8. The number of rotatable bonds is 5. The number of hydrogen-bond acceptors (Lipinski definition) is 5. The van der Waals surface area contributed by atoms with Crippen molar-refractivity contribution in [2.75, 3.05) is 37.8 Å². The molecule has 0 aliphatic carbocycles. The van der Waals surface area contributed by atoms with Crippen molar-refractivity contribution >= 4 is 23.5 Å². The lowest BCUT2D eigenvalue weighted by Gasteiger charge is -2.32. The summed E-state index contributed by atoms with van der Waals surface area (Å²) in [6.07, 6.45) is 1.37. The number of carboxylic acid groups (broad SMARTS) is 1. The summed E-state index contributed by atoms with van der Waals surface area (Å²) in [5, 5.41) is 9.17. The maximum absolute atomic E-state index is 12.3. The summed E-state index contributed by atoms with van der Waals surface area (Å²) in [5.41, 5.74) is 0.738. The summed E-state index contributed by atoms with van der Waals surface area (Å²) in [6, 6.07) is 6.00. The fourth-order valence-electron chi connectivity index (χ4n) is 3.00. The molecule has 2 fully saturated rings. The van der Waals surface area contributed by atoms with Crippen molar-refractivity contribution in [2.45, 2.75) is 18.9 Å². The van der Waals surface area contributed by atoms with Crippen LogP contribution in [0, 0.1) is 0 Å². The molecule has 25 heavy (non-hydrogen) atoms. The number of aliphatic carboxylic acids is 1. The van der Waals surface area contributed by atoms with Crippen LogP contribution in [0.15, 0.2) is 24.3 Å². The van der Waals surface area contributed by atoms with Crippen LogP contribution in [0.3, 0.4) is 0 Å². The maximum atomic E-state index is 12.3. The van der Waals surface area contributed by atoms with E-state index in [1.165, 1.54) is 4.90 Å². The lowest BCUT2D eigenvalue weighted by molar-refractivity contribution is -0.159. The molecule has 2 aliphatic heterocycles. The molecule has 1 aromatic rings. The summed E-state index contributed by atoms with van der Waals surface area (Å²) < 4.78 is 10.6. The fraction of sp³-hybridized carbons (Fsp3) is 0.471. The van der Waals surface area contributed by atoms with Gasteiger partial charge in [-0.3, -0.25) is 9.59 Å². The summed E-state index contributed by atoms with van der Waals surface area (Å²) in [6.45, 7) is 0.924. The van der Waals surface area contributed by atoms with Gasteiger partial charge in [0, 0.05) is 31.3 Å². The van der Waals surface area contributed by atoms with E-state index >= 15 is 0 Å². The van der Waals surface area contributed by atoms with Crippen LogP contribution in [0.25, 0.3) is 0 Å². The average Bonchev–Trinajstić information content (AvgIpc) is 3.06. The molecular formula is C17H20N2O6. The minimum atomic E-state index is -1.09. The SMILES string of the molecule is O=C(O)[C@H]1COCCN1C(=O)COc1cccc(N2CCCC2=O)c1. The second-order valence-electron chi connectivity index (χ2n) is 5.95. The second kappa shape index (κ2) is 7.52. The minimum absolute atomic E-state index is 0.0202. The largest absolute Gasteiger partial charge is 0.484 e. The first-order valence-corrected chi connectivity index (χ1v) is 8.19. The standard InChI is InChI=1S/C17H20N2O6/c20-15-5-2-6-18(15)12-3-1-4-13(9-12)25-11-16(21)19-7-8-24-10-14(19)17(22)23/h1,3-4,9,14H,2,5-8,10-11H2,(H,22,23)/t14-/m1/s1. The average molecular weight is 348 g/mol. The molecule has 2 saturated heterocycles. The van der Waals surface area contributed by atoms with E-state index in [0.29, 0.717) is 25.3 Å². The van der Waals surface area contributed by atoms with Crippen LogP contribution in [0.1, 0.15) is 12.8 Å². The van der Waals surface area contributed by atoms with Gasteiger partial charge in [0.1, 0.15) is 5.75 Å². The number of anilines is 1. The van der Waals surface area contributed by atoms with Crippen LogP contribution in [0.5, 0.6) is 5.75 Å². The van der Waals surface area contributed by atoms with Crippen molar-refractivity contribution in [1.29, 1.82) is 0 Å². The number of carbonyl (C=O) groups excluding carboxylic acids is 2. The van der Waals surface area contributed by atoms with Crippen molar-refractivity contribution in [1.82, 2.24) is 4.90 Å². The van der Waals surface area contributed by atoms with Gasteiger partial charge in [0.05, 0.1) is 13.2 Å². The van der Waals surface area contributed by atoms with Crippen LogP contribution in [-0.4, -0.2) is 66.7 Å². The first kappa shape index (κ1) is 17.2. The van der Waals surface area contributed by atoms with E-state index in [9.17, 15) is 19.5 Å². The topological polar surface area (TPSA) is 96.4 Å². The van der Waals surface area contributed by atoms with Gasteiger partial charge in [-0.2, -0.15) is 0 Å². The quantitative estimate of drug-likeness (QED) is 0.833. The Morgan fingerprint density at radius 2 is 2.16 bits per heavy atom. The molecule has 8 nitrogen and oxygen atoms in total. The van der Waals surface area contributed by atoms with Gasteiger partial charge in [0.15, 0.2) is 12.6 Å². The zero-order valence-electron chi connectivity index (χ0n) is 13.7. The van der Waals surface area contributed by atoms with Crippen molar-refractivity contribution in [3.63, 3.8) is 0 Å². The van der Waals surface area contributed by atoms with Crippen LogP contribution >= 0.6 is 0 Å². The summed E-state index contributed by atoms with van der Waals surface area (Å²) >= 11 is 0. The number of morpholine rings is 1. The highest BCUT2D eigenvalue weighted by atomic mass is 16.5. The molecule has 134 valence electrons. The number of benzene rings is 1. The Kier molecular flexibility index (Phi) is 5.18. The molecule has 2 aliphatic rings. The molecule has 8 heteroatoms. The summed E-state index contributed by atoms with van der Waals surface area (Å²) in [5.74, 6) is -0.961. The molecule has 0 aromatic heterocycles. The van der Waals surface area contributed by atoms with Crippen molar-refractivity contribution in [3.05, 3.63) is 24.3 Å². The van der Waals surface area contributed by atoms with Gasteiger partial charge in [-0.05, 0) is 18.6 Å². The van der Waals surface area contributed by atoms with E-state index in [1.54, 1.807) is 23.1 Å². The van der Waals surface area contributed by atoms with Gasteiger partial charge >= 0.3 is 5.97 Å². The minimum Gasteiger partial charge on any atom is -0.484 e. The normalized spacial score (nSPS) is 20.6. The summed E-state index contributed by atoms with van der Waals surface area (Å²) in [7, 11) is 0. The molecular weight excluding hydrogens is 328 g/mol. The van der Waals surface area contributed by atoms with Gasteiger partial charge in [-0.1, -0.05) is 6.07 Å². The highest BCUT2D eigenvalue weighted by Crippen LogP contribution is 2.25. The molecule has 0 saturated carbocycles. The van der Waals surface area contributed by atoms with E-state index in [2.05, 4.69) is 0 Å². The third kappa shape index (κ3) is 3.90. The highest BCUT2D eigenvalue weighted by Gasteiger charge is 2.32. The number of carboxylic acids is 1. The van der Waals surface area contributed by atoms with Gasteiger partial charge in [0.25, 0.3) is 5.91 Å². The Hall–Kier alpha value is -2.61. The van der Waals surface area contributed by atoms with Gasteiger partial charge in [0.2, 0.25) is 5.91 Å². The Morgan fingerprint density at radius 3 is 2.88 bits per heavy atom. The zero-order valence-corrected chi connectivity index (χ0v) is 13.7. The summed E-state index contributed by atoms with van der Waals surface area (Å²) in [4.78, 5) is 38.3. The predicted octanol–water partition coefficient (Wildman–Crippen LogP) is 0.504. The lowest BCUT2D eigenvalue weighted by Crippen LogP contribution is -2.53. The molecule has 2 heterocycles. The predicted molar refractivity (Wildman–Crippen MR) is 87.5 cm³/mol. The van der Waals surface area contributed by atoms with Gasteiger partial charge in [-0.15, -0.1) is 0 Å². The van der Waals surface area contributed by atoms with Crippen molar-refractivity contribution < 1.29 is 29.0 Å². The second-order valence-corrected chi connectivity index (χ2v) is 5.95. The molecule has 0 radical (unpaired) electrons.